The summed E-state index contributed by atoms with van der Waals surface area (Å²) in [4.78, 5) is 48.7. The second-order valence-corrected chi connectivity index (χ2v) is 5.82. The van der Waals surface area contributed by atoms with E-state index in [2.05, 4.69) is 10.6 Å². The number of esters is 1. The molecule has 4 amide bonds. The summed E-state index contributed by atoms with van der Waals surface area (Å²) in [5, 5.41) is 5.15. The first-order valence-corrected chi connectivity index (χ1v) is 8.00. The molecule has 1 fully saturated rings. The van der Waals surface area contributed by atoms with Crippen molar-refractivity contribution < 1.29 is 23.9 Å². The van der Waals surface area contributed by atoms with Crippen molar-refractivity contribution in [2.24, 2.45) is 0 Å². The van der Waals surface area contributed by atoms with Gasteiger partial charge in [-0.05, 0) is 18.9 Å². The highest BCUT2D eigenvalue weighted by molar-refractivity contribution is 6.08. The highest BCUT2D eigenvalue weighted by Gasteiger charge is 2.49. The van der Waals surface area contributed by atoms with Gasteiger partial charge < -0.3 is 15.4 Å². The van der Waals surface area contributed by atoms with Gasteiger partial charge in [-0.25, -0.2) is 4.79 Å². The summed E-state index contributed by atoms with van der Waals surface area (Å²) in [6.45, 7) is 2.96. The molecule has 0 aromatic heterocycles. The summed E-state index contributed by atoms with van der Waals surface area (Å²) >= 11 is 0. The van der Waals surface area contributed by atoms with Crippen LogP contribution < -0.4 is 10.6 Å². The number of carbonyl (C=O) groups is 4. The van der Waals surface area contributed by atoms with E-state index in [1.807, 2.05) is 6.92 Å². The first-order valence-electron chi connectivity index (χ1n) is 8.00. The van der Waals surface area contributed by atoms with Crippen LogP contribution in [-0.4, -0.2) is 48.4 Å². The third-order valence-corrected chi connectivity index (χ3v) is 3.85. The van der Waals surface area contributed by atoms with E-state index in [0.29, 0.717) is 12.1 Å². The fourth-order valence-corrected chi connectivity index (χ4v) is 2.44. The Kier molecular flexibility index (Phi) is 5.74. The Hall–Kier alpha value is -2.90. The number of hydrogen-bond donors (Lipinski definition) is 2. The Bertz CT molecular complexity index is 676. The van der Waals surface area contributed by atoms with E-state index in [4.69, 9.17) is 4.74 Å². The van der Waals surface area contributed by atoms with Gasteiger partial charge in [0.15, 0.2) is 6.61 Å². The lowest BCUT2D eigenvalue weighted by molar-refractivity contribution is -0.151. The zero-order chi connectivity index (χ0) is 18.4. The average molecular weight is 347 g/mol. The molecule has 1 saturated heterocycles. The number of nitrogens with one attached hydrogen (secondary N) is 2. The molecule has 8 nitrogen and oxygen atoms in total. The predicted molar refractivity (Wildman–Crippen MR) is 88.3 cm³/mol. The smallest absolute Gasteiger partial charge is 0.326 e. The van der Waals surface area contributed by atoms with Crippen molar-refractivity contribution in [3.8, 4) is 0 Å². The second kappa shape index (κ2) is 7.78. The molecule has 1 aromatic carbocycles. The topological polar surface area (TPSA) is 105 Å². The summed E-state index contributed by atoms with van der Waals surface area (Å²) < 4.78 is 4.81. The third kappa shape index (κ3) is 4.14. The molecule has 1 aromatic rings. The molecule has 0 unspecified atom stereocenters. The Balaban J connectivity index is 1.96. The van der Waals surface area contributed by atoms with Gasteiger partial charge in [0.2, 0.25) is 0 Å². The van der Waals surface area contributed by atoms with Crippen LogP contribution in [0.15, 0.2) is 30.3 Å². The molecule has 8 heteroatoms. The van der Waals surface area contributed by atoms with Crippen molar-refractivity contribution in [1.29, 1.82) is 0 Å². The molecule has 0 spiro atoms. The first-order chi connectivity index (χ1) is 11.9. The molecule has 2 rings (SSSR count). The molecule has 1 aliphatic heterocycles. The van der Waals surface area contributed by atoms with E-state index in [1.54, 1.807) is 37.3 Å². The largest absolute Gasteiger partial charge is 0.454 e. The normalized spacial score (nSPS) is 19.5. The van der Waals surface area contributed by atoms with Crippen LogP contribution in [0, 0.1) is 0 Å². The summed E-state index contributed by atoms with van der Waals surface area (Å²) in [7, 11) is 0. The molecule has 1 aliphatic rings. The first kappa shape index (κ1) is 18.4. The maximum absolute atomic E-state index is 12.6. The molecule has 0 radical (unpaired) electrons. The standard InChI is InChI=1S/C17H21N3O5/c1-3-9-18-13(21)11-25-14(22)10-20-15(23)17(2,19-16(20)24)12-7-5-4-6-8-12/h4-8H,3,9-11H2,1-2H3,(H,18,21)(H,19,24)/t17-/m1/s1. The Morgan fingerprint density at radius 2 is 1.92 bits per heavy atom. The number of hydrogen-bond acceptors (Lipinski definition) is 5. The van der Waals surface area contributed by atoms with Crippen LogP contribution >= 0.6 is 0 Å². The number of rotatable bonds is 7. The lowest BCUT2D eigenvalue weighted by atomic mass is 9.92. The van der Waals surface area contributed by atoms with Crippen molar-refractivity contribution >= 4 is 23.8 Å². The maximum atomic E-state index is 12.6. The SMILES string of the molecule is CCCNC(=O)COC(=O)CN1C(=O)N[C@](C)(c2ccccc2)C1=O. The minimum absolute atomic E-state index is 0.429. The van der Waals surface area contributed by atoms with E-state index in [-0.39, 0.29) is 0 Å². The number of amides is 4. The lowest BCUT2D eigenvalue weighted by Crippen LogP contribution is -2.42. The van der Waals surface area contributed by atoms with Crippen LogP contribution in [0.5, 0.6) is 0 Å². The van der Waals surface area contributed by atoms with Gasteiger partial charge in [-0.3, -0.25) is 19.3 Å². The molecule has 1 heterocycles. The highest BCUT2D eigenvalue weighted by atomic mass is 16.5. The van der Waals surface area contributed by atoms with Gasteiger partial charge in [-0.15, -0.1) is 0 Å². The van der Waals surface area contributed by atoms with E-state index < -0.39 is 42.5 Å². The molecule has 134 valence electrons. The Labute approximate surface area is 145 Å². The fourth-order valence-electron chi connectivity index (χ4n) is 2.44. The van der Waals surface area contributed by atoms with E-state index in [9.17, 15) is 19.2 Å². The van der Waals surface area contributed by atoms with Crippen molar-refractivity contribution in [1.82, 2.24) is 15.5 Å². The number of carbonyl (C=O) groups excluding carboxylic acids is 4. The summed E-state index contributed by atoms with van der Waals surface area (Å²) in [5.74, 6) is -1.80. The lowest BCUT2D eigenvalue weighted by Gasteiger charge is -2.21. The van der Waals surface area contributed by atoms with E-state index in [0.717, 1.165) is 11.3 Å². The minimum atomic E-state index is -1.24. The third-order valence-electron chi connectivity index (χ3n) is 3.85. The predicted octanol–water partition coefficient (Wildman–Crippen LogP) is 0.523. The van der Waals surface area contributed by atoms with Crippen LogP contribution in [0.3, 0.4) is 0 Å². The molecule has 1 atom stereocenters. The monoisotopic (exact) mass is 347 g/mol. The van der Waals surface area contributed by atoms with Gasteiger partial charge in [-0.1, -0.05) is 37.3 Å². The quantitative estimate of drug-likeness (QED) is 0.553. The number of urea groups is 1. The van der Waals surface area contributed by atoms with Gasteiger partial charge in [-0.2, -0.15) is 0 Å². The molecule has 2 N–H and O–H groups in total. The van der Waals surface area contributed by atoms with E-state index >= 15 is 0 Å². The summed E-state index contributed by atoms with van der Waals surface area (Å²) in [6.07, 6.45) is 0.764. The summed E-state index contributed by atoms with van der Waals surface area (Å²) in [6, 6.07) is 8.07. The van der Waals surface area contributed by atoms with E-state index in [1.165, 1.54) is 0 Å². The minimum Gasteiger partial charge on any atom is -0.454 e. The van der Waals surface area contributed by atoms with Gasteiger partial charge in [0.1, 0.15) is 12.1 Å². The average Bonchev–Trinajstić information content (AvgIpc) is 2.83. The number of ether oxygens (including phenoxy) is 1. The van der Waals surface area contributed by atoms with Crippen LogP contribution in [0.4, 0.5) is 4.79 Å². The Morgan fingerprint density at radius 3 is 2.56 bits per heavy atom. The van der Waals surface area contributed by atoms with Crippen LogP contribution in [0.25, 0.3) is 0 Å². The van der Waals surface area contributed by atoms with Gasteiger partial charge in [0, 0.05) is 6.54 Å². The molecule has 25 heavy (non-hydrogen) atoms. The molecular weight excluding hydrogens is 326 g/mol. The fraction of sp³-hybridized carbons (Fsp3) is 0.412. The van der Waals surface area contributed by atoms with Crippen molar-refractivity contribution in [3.63, 3.8) is 0 Å². The van der Waals surface area contributed by atoms with Crippen molar-refractivity contribution in [3.05, 3.63) is 35.9 Å². The number of imide groups is 1. The number of nitrogens with zero attached hydrogens (tertiary/aromatic N) is 1. The summed E-state index contributed by atoms with van der Waals surface area (Å²) in [5.41, 5.74) is -0.625. The van der Waals surface area contributed by atoms with Gasteiger partial charge >= 0.3 is 12.0 Å². The molecule has 0 bridgehead atoms. The maximum Gasteiger partial charge on any atom is 0.326 e. The second-order valence-electron chi connectivity index (χ2n) is 5.82. The van der Waals surface area contributed by atoms with Crippen molar-refractivity contribution in [2.45, 2.75) is 25.8 Å². The zero-order valence-electron chi connectivity index (χ0n) is 14.2. The molecule has 0 aliphatic carbocycles. The van der Waals surface area contributed by atoms with Crippen LogP contribution in [0.2, 0.25) is 0 Å². The van der Waals surface area contributed by atoms with Crippen LogP contribution in [0.1, 0.15) is 25.8 Å². The molecular formula is C17H21N3O5. The van der Waals surface area contributed by atoms with Gasteiger partial charge in [0.25, 0.3) is 11.8 Å². The molecule has 0 saturated carbocycles. The highest BCUT2D eigenvalue weighted by Crippen LogP contribution is 2.28. The van der Waals surface area contributed by atoms with Crippen LogP contribution in [-0.2, 0) is 24.7 Å². The zero-order valence-corrected chi connectivity index (χ0v) is 14.2. The van der Waals surface area contributed by atoms with Gasteiger partial charge in [0.05, 0.1) is 0 Å². The van der Waals surface area contributed by atoms with Crippen molar-refractivity contribution in [2.75, 3.05) is 19.7 Å². The number of benzene rings is 1. The Morgan fingerprint density at radius 1 is 1.24 bits per heavy atom.